The SMILES string of the molecule is COc1ccccc1C(=O)CCc1c[nH]c2ccccc12. The largest absolute Gasteiger partial charge is 0.496 e. The van der Waals surface area contributed by atoms with Crippen LogP contribution in [-0.2, 0) is 6.42 Å². The van der Waals surface area contributed by atoms with Crippen LogP contribution in [0, 0.1) is 0 Å². The Kier molecular flexibility index (Phi) is 3.73. The van der Waals surface area contributed by atoms with Gasteiger partial charge in [-0.3, -0.25) is 4.79 Å². The summed E-state index contributed by atoms with van der Waals surface area (Å²) < 4.78 is 5.25. The summed E-state index contributed by atoms with van der Waals surface area (Å²) in [6.45, 7) is 0. The zero-order valence-corrected chi connectivity index (χ0v) is 11.9. The number of nitrogens with one attached hydrogen (secondary N) is 1. The first kappa shape index (κ1) is 13.4. The normalized spacial score (nSPS) is 10.7. The van der Waals surface area contributed by atoms with E-state index in [0.717, 1.165) is 11.9 Å². The van der Waals surface area contributed by atoms with E-state index in [-0.39, 0.29) is 5.78 Å². The second-order valence-electron chi connectivity index (χ2n) is 4.98. The monoisotopic (exact) mass is 279 g/mol. The Labute approximate surface area is 123 Å². The minimum Gasteiger partial charge on any atom is -0.496 e. The van der Waals surface area contributed by atoms with Crippen molar-refractivity contribution in [2.75, 3.05) is 7.11 Å². The molecule has 0 saturated heterocycles. The number of carbonyl (C=O) groups excluding carboxylic acids is 1. The summed E-state index contributed by atoms with van der Waals surface area (Å²) in [4.78, 5) is 15.6. The summed E-state index contributed by atoms with van der Waals surface area (Å²) in [7, 11) is 1.59. The van der Waals surface area contributed by atoms with Crippen LogP contribution in [0.15, 0.2) is 54.7 Å². The highest BCUT2D eigenvalue weighted by Crippen LogP contribution is 2.22. The van der Waals surface area contributed by atoms with Gasteiger partial charge in [-0.25, -0.2) is 0 Å². The Bertz CT molecular complexity index is 773. The quantitative estimate of drug-likeness (QED) is 0.717. The molecule has 0 spiro atoms. The average Bonchev–Trinajstić information content (AvgIpc) is 2.96. The Morgan fingerprint density at radius 1 is 1.10 bits per heavy atom. The Morgan fingerprint density at radius 2 is 1.86 bits per heavy atom. The van der Waals surface area contributed by atoms with Crippen molar-refractivity contribution in [1.29, 1.82) is 0 Å². The maximum Gasteiger partial charge on any atom is 0.166 e. The van der Waals surface area contributed by atoms with E-state index >= 15 is 0 Å². The molecule has 0 aliphatic heterocycles. The molecule has 0 aliphatic carbocycles. The minimum atomic E-state index is 0.109. The number of carbonyl (C=O) groups is 1. The number of aromatic nitrogens is 1. The molecule has 21 heavy (non-hydrogen) atoms. The molecule has 0 fully saturated rings. The first-order chi connectivity index (χ1) is 10.3. The van der Waals surface area contributed by atoms with E-state index in [4.69, 9.17) is 4.74 Å². The van der Waals surface area contributed by atoms with Crippen LogP contribution in [0.25, 0.3) is 10.9 Å². The average molecular weight is 279 g/mol. The number of aromatic amines is 1. The lowest BCUT2D eigenvalue weighted by Gasteiger charge is -2.06. The van der Waals surface area contributed by atoms with E-state index in [1.54, 1.807) is 7.11 Å². The van der Waals surface area contributed by atoms with Crippen molar-refractivity contribution in [3.8, 4) is 5.75 Å². The standard InChI is InChI=1S/C18H17NO2/c1-21-18-9-5-3-7-15(18)17(20)11-10-13-12-19-16-8-4-2-6-14(13)16/h2-9,12,19H,10-11H2,1H3. The van der Waals surface area contributed by atoms with Gasteiger partial charge in [0.15, 0.2) is 5.78 Å². The molecular weight excluding hydrogens is 262 g/mol. The molecular formula is C18H17NO2. The molecule has 0 atom stereocenters. The van der Waals surface area contributed by atoms with Crippen LogP contribution in [0.4, 0.5) is 0 Å². The molecule has 0 aliphatic rings. The first-order valence-corrected chi connectivity index (χ1v) is 7.01. The molecule has 3 rings (SSSR count). The Balaban J connectivity index is 1.77. The molecule has 1 heterocycles. The maximum atomic E-state index is 12.4. The second kappa shape index (κ2) is 5.83. The Hall–Kier alpha value is -2.55. The van der Waals surface area contributed by atoms with E-state index in [2.05, 4.69) is 11.1 Å². The van der Waals surface area contributed by atoms with Crippen LogP contribution >= 0.6 is 0 Å². The van der Waals surface area contributed by atoms with Crippen LogP contribution in [0.3, 0.4) is 0 Å². The van der Waals surface area contributed by atoms with Gasteiger partial charge in [0.05, 0.1) is 12.7 Å². The van der Waals surface area contributed by atoms with E-state index < -0.39 is 0 Å². The number of hydrogen-bond donors (Lipinski definition) is 1. The summed E-state index contributed by atoms with van der Waals surface area (Å²) in [6, 6.07) is 15.5. The third-order valence-electron chi connectivity index (χ3n) is 3.70. The van der Waals surface area contributed by atoms with Crippen LogP contribution in [-0.4, -0.2) is 17.9 Å². The highest BCUT2D eigenvalue weighted by Gasteiger charge is 2.12. The van der Waals surface area contributed by atoms with Crippen molar-refractivity contribution in [2.24, 2.45) is 0 Å². The topological polar surface area (TPSA) is 42.1 Å². The van der Waals surface area contributed by atoms with Gasteiger partial charge in [0.1, 0.15) is 5.75 Å². The number of fused-ring (bicyclic) bond motifs is 1. The first-order valence-electron chi connectivity index (χ1n) is 7.01. The van der Waals surface area contributed by atoms with Gasteiger partial charge in [0.2, 0.25) is 0 Å². The lowest BCUT2D eigenvalue weighted by molar-refractivity contribution is 0.0980. The summed E-state index contributed by atoms with van der Waals surface area (Å²) in [6.07, 6.45) is 3.18. The molecule has 1 aromatic heterocycles. The second-order valence-corrected chi connectivity index (χ2v) is 4.98. The number of para-hydroxylation sites is 2. The van der Waals surface area contributed by atoms with Gasteiger partial charge in [-0.05, 0) is 30.2 Å². The van der Waals surface area contributed by atoms with Crippen molar-refractivity contribution < 1.29 is 9.53 Å². The fourth-order valence-corrected chi connectivity index (χ4v) is 2.60. The number of rotatable bonds is 5. The molecule has 3 aromatic rings. The third kappa shape index (κ3) is 2.68. The fourth-order valence-electron chi connectivity index (χ4n) is 2.60. The maximum absolute atomic E-state index is 12.4. The number of methoxy groups -OCH3 is 1. The van der Waals surface area contributed by atoms with Gasteiger partial charge >= 0.3 is 0 Å². The Morgan fingerprint density at radius 3 is 2.71 bits per heavy atom. The lowest BCUT2D eigenvalue weighted by Crippen LogP contribution is -2.03. The molecule has 1 N–H and O–H groups in total. The number of H-pyrrole nitrogens is 1. The summed E-state index contributed by atoms with van der Waals surface area (Å²) in [5.41, 5.74) is 2.94. The molecule has 0 amide bonds. The number of aryl methyl sites for hydroxylation is 1. The zero-order valence-electron chi connectivity index (χ0n) is 11.9. The zero-order chi connectivity index (χ0) is 14.7. The minimum absolute atomic E-state index is 0.109. The van der Waals surface area contributed by atoms with Crippen LogP contribution in [0.2, 0.25) is 0 Å². The van der Waals surface area contributed by atoms with Gasteiger partial charge in [0, 0.05) is 23.5 Å². The highest BCUT2D eigenvalue weighted by molar-refractivity contribution is 5.99. The van der Waals surface area contributed by atoms with Crippen molar-refractivity contribution in [3.63, 3.8) is 0 Å². The van der Waals surface area contributed by atoms with Crippen LogP contribution in [0.1, 0.15) is 22.3 Å². The van der Waals surface area contributed by atoms with Gasteiger partial charge in [0.25, 0.3) is 0 Å². The molecule has 3 heteroatoms. The molecule has 0 saturated carbocycles. The number of ketones is 1. The number of ether oxygens (including phenoxy) is 1. The smallest absolute Gasteiger partial charge is 0.166 e. The summed E-state index contributed by atoms with van der Waals surface area (Å²) in [5, 5.41) is 1.19. The molecule has 0 unspecified atom stereocenters. The fraction of sp³-hybridized carbons (Fsp3) is 0.167. The molecule has 106 valence electrons. The molecule has 0 bridgehead atoms. The van der Waals surface area contributed by atoms with Crippen molar-refractivity contribution in [1.82, 2.24) is 4.98 Å². The molecule has 0 radical (unpaired) electrons. The highest BCUT2D eigenvalue weighted by atomic mass is 16.5. The van der Waals surface area contributed by atoms with Crippen molar-refractivity contribution in [3.05, 3.63) is 65.9 Å². The summed E-state index contributed by atoms with van der Waals surface area (Å²) >= 11 is 0. The molecule has 2 aromatic carbocycles. The van der Waals surface area contributed by atoms with E-state index in [0.29, 0.717) is 17.7 Å². The number of hydrogen-bond acceptors (Lipinski definition) is 2. The lowest BCUT2D eigenvalue weighted by atomic mass is 10.0. The van der Waals surface area contributed by atoms with Gasteiger partial charge in [-0.2, -0.15) is 0 Å². The van der Waals surface area contributed by atoms with Gasteiger partial charge in [-0.1, -0.05) is 30.3 Å². The van der Waals surface area contributed by atoms with Crippen LogP contribution in [0.5, 0.6) is 5.75 Å². The third-order valence-corrected chi connectivity index (χ3v) is 3.70. The van der Waals surface area contributed by atoms with Crippen molar-refractivity contribution in [2.45, 2.75) is 12.8 Å². The van der Waals surface area contributed by atoms with E-state index in [1.165, 1.54) is 10.9 Å². The van der Waals surface area contributed by atoms with E-state index in [1.807, 2.05) is 48.7 Å². The predicted octanol–water partition coefficient (Wildman–Crippen LogP) is 3.99. The number of benzene rings is 2. The number of Topliss-reactive ketones (excluding diaryl/α,β-unsaturated/α-hetero) is 1. The van der Waals surface area contributed by atoms with E-state index in [9.17, 15) is 4.79 Å². The van der Waals surface area contributed by atoms with Crippen LogP contribution < -0.4 is 4.74 Å². The predicted molar refractivity (Wildman–Crippen MR) is 83.9 cm³/mol. The molecule has 3 nitrogen and oxygen atoms in total. The van der Waals surface area contributed by atoms with Crippen molar-refractivity contribution >= 4 is 16.7 Å². The summed E-state index contributed by atoms with van der Waals surface area (Å²) in [5.74, 6) is 0.749. The van der Waals surface area contributed by atoms with Gasteiger partial charge < -0.3 is 9.72 Å². The van der Waals surface area contributed by atoms with Gasteiger partial charge in [-0.15, -0.1) is 0 Å².